The third-order valence-corrected chi connectivity index (χ3v) is 7.84. The van der Waals surface area contributed by atoms with E-state index in [0.717, 1.165) is 35.1 Å². The number of nitrogens with zero attached hydrogens (tertiary/aromatic N) is 7. The average Bonchev–Trinajstić information content (AvgIpc) is 3.57. The molecule has 0 aliphatic carbocycles. The SMILES string of the molecule is N#CCC1(n2cc(-c3ncnc4[nH]ccc34)cn2)CN(C2CCN(C(=O)c3ccc(Cl)c(F)c3)CC2)C1. The zero-order valence-corrected chi connectivity index (χ0v) is 20.7. The molecular weight excluding hydrogens is 495 g/mol. The number of piperidine rings is 1. The lowest BCUT2D eigenvalue weighted by Gasteiger charge is -2.53. The number of aromatic amines is 1. The molecule has 1 aromatic carbocycles. The largest absolute Gasteiger partial charge is 0.346 e. The Labute approximate surface area is 217 Å². The van der Waals surface area contributed by atoms with Crippen LogP contribution in [-0.2, 0) is 5.54 Å². The summed E-state index contributed by atoms with van der Waals surface area (Å²) in [4.78, 5) is 28.8. The monoisotopic (exact) mass is 518 g/mol. The number of H-pyrrole nitrogens is 1. The maximum atomic E-state index is 13.8. The Morgan fingerprint density at radius 1 is 1.24 bits per heavy atom. The normalized spacial score (nSPS) is 18.0. The number of hydrogen-bond donors (Lipinski definition) is 1. The molecule has 37 heavy (non-hydrogen) atoms. The Hall–Kier alpha value is -3.81. The second kappa shape index (κ2) is 9.25. The summed E-state index contributed by atoms with van der Waals surface area (Å²) in [5, 5.41) is 15.2. The number of nitriles is 1. The summed E-state index contributed by atoms with van der Waals surface area (Å²) in [6.07, 6.45) is 9.12. The van der Waals surface area contributed by atoms with E-state index in [1.165, 1.54) is 18.5 Å². The quantitative estimate of drug-likeness (QED) is 0.430. The lowest BCUT2D eigenvalue weighted by Crippen LogP contribution is -2.66. The standard InChI is InChI=1S/C26H24ClFN8O/c27-21-2-1-17(11-22(21)28)25(37)34-9-4-19(5-10-34)35-14-26(15-35,6-7-29)36-13-18(12-33-36)23-20-3-8-30-24(20)32-16-31-23/h1-3,8,11-13,16,19H,4-6,9-10,14-15H2,(H,30,31,32). The van der Waals surface area contributed by atoms with Gasteiger partial charge in [-0.1, -0.05) is 11.6 Å². The number of carbonyl (C=O) groups excluding carboxylic acids is 1. The molecule has 1 N–H and O–H groups in total. The van der Waals surface area contributed by atoms with Crippen molar-refractivity contribution in [1.82, 2.24) is 34.5 Å². The molecule has 0 radical (unpaired) electrons. The predicted octanol–water partition coefficient (Wildman–Crippen LogP) is 3.84. The zero-order chi connectivity index (χ0) is 25.6. The lowest BCUT2D eigenvalue weighted by atomic mass is 9.83. The van der Waals surface area contributed by atoms with Gasteiger partial charge in [-0.05, 0) is 37.1 Å². The summed E-state index contributed by atoms with van der Waals surface area (Å²) in [5.74, 6) is -0.766. The van der Waals surface area contributed by atoms with Crippen molar-refractivity contribution < 1.29 is 9.18 Å². The molecule has 0 bridgehead atoms. The smallest absolute Gasteiger partial charge is 0.253 e. The van der Waals surface area contributed by atoms with E-state index < -0.39 is 11.4 Å². The van der Waals surface area contributed by atoms with Crippen molar-refractivity contribution in [1.29, 1.82) is 5.26 Å². The van der Waals surface area contributed by atoms with Gasteiger partial charge in [0, 0.05) is 61.1 Å². The maximum Gasteiger partial charge on any atom is 0.253 e. The van der Waals surface area contributed by atoms with E-state index in [2.05, 4.69) is 31.0 Å². The molecule has 1 amide bonds. The van der Waals surface area contributed by atoms with Crippen molar-refractivity contribution in [3.63, 3.8) is 0 Å². The third-order valence-electron chi connectivity index (χ3n) is 7.53. The number of amides is 1. The molecule has 0 spiro atoms. The first kappa shape index (κ1) is 23.6. The van der Waals surface area contributed by atoms with Crippen LogP contribution in [0.25, 0.3) is 22.3 Å². The molecule has 11 heteroatoms. The van der Waals surface area contributed by atoms with Crippen molar-refractivity contribution in [2.24, 2.45) is 0 Å². The molecule has 9 nitrogen and oxygen atoms in total. The minimum atomic E-state index is -0.587. The van der Waals surface area contributed by atoms with Crippen molar-refractivity contribution in [3.8, 4) is 17.3 Å². The number of carbonyl (C=O) groups is 1. The number of nitrogens with one attached hydrogen (secondary N) is 1. The van der Waals surface area contributed by atoms with Crippen LogP contribution in [0.4, 0.5) is 4.39 Å². The first-order valence-corrected chi connectivity index (χ1v) is 12.5. The Kier molecular flexibility index (Phi) is 5.89. The Morgan fingerprint density at radius 3 is 2.81 bits per heavy atom. The number of fused-ring (bicyclic) bond motifs is 1. The van der Waals surface area contributed by atoms with E-state index in [1.807, 2.05) is 23.1 Å². The van der Waals surface area contributed by atoms with Crippen LogP contribution in [0, 0.1) is 17.1 Å². The highest BCUT2D eigenvalue weighted by atomic mass is 35.5. The fourth-order valence-electron chi connectivity index (χ4n) is 5.51. The topological polar surface area (TPSA) is 107 Å². The van der Waals surface area contributed by atoms with Crippen molar-refractivity contribution >= 4 is 28.5 Å². The van der Waals surface area contributed by atoms with Gasteiger partial charge >= 0.3 is 0 Å². The van der Waals surface area contributed by atoms with E-state index in [1.54, 1.807) is 17.2 Å². The van der Waals surface area contributed by atoms with Crippen LogP contribution in [0.3, 0.4) is 0 Å². The number of benzene rings is 1. The highest BCUT2D eigenvalue weighted by Crippen LogP contribution is 2.37. The Balaban J connectivity index is 1.12. The minimum absolute atomic E-state index is 0.00740. The maximum absolute atomic E-state index is 13.8. The molecule has 2 saturated heterocycles. The molecule has 3 aromatic heterocycles. The zero-order valence-electron chi connectivity index (χ0n) is 19.9. The highest BCUT2D eigenvalue weighted by Gasteiger charge is 2.48. The van der Waals surface area contributed by atoms with E-state index in [-0.39, 0.29) is 10.9 Å². The van der Waals surface area contributed by atoms with Gasteiger partial charge in [0.1, 0.15) is 23.3 Å². The van der Waals surface area contributed by atoms with Gasteiger partial charge in [-0.2, -0.15) is 10.4 Å². The third kappa shape index (κ3) is 4.14. The fraction of sp³-hybridized carbons (Fsp3) is 0.346. The summed E-state index contributed by atoms with van der Waals surface area (Å²) < 4.78 is 15.7. The molecule has 4 aromatic rings. The summed E-state index contributed by atoms with van der Waals surface area (Å²) in [7, 11) is 0. The second-order valence-electron chi connectivity index (χ2n) is 9.75. The van der Waals surface area contributed by atoms with Gasteiger partial charge < -0.3 is 9.88 Å². The van der Waals surface area contributed by atoms with Crippen molar-refractivity contribution in [2.75, 3.05) is 26.2 Å². The number of halogens is 2. The average molecular weight is 519 g/mol. The first-order valence-electron chi connectivity index (χ1n) is 12.2. The van der Waals surface area contributed by atoms with E-state index in [9.17, 15) is 14.4 Å². The van der Waals surface area contributed by atoms with Crippen LogP contribution >= 0.6 is 11.6 Å². The number of rotatable bonds is 5. The second-order valence-corrected chi connectivity index (χ2v) is 10.2. The van der Waals surface area contributed by atoms with Gasteiger partial charge in [0.15, 0.2) is 0 Å². The van der Waals surface area contributed by atoms with Gasteiger partial charge in [-0.3, -0.25) is 14.4 Å². The number of hydrogen-bond acceptors (Lipinski definition) is 6. The van der Waals surface area contributed by atoms with Gasteiger partial charge in [0.05, 0.1) is 29.4 Å². The van der Waals surface area contributed by atoms with Crippen LogP contribution in [0.1, 0.15) is 29.6 Å². The summed E-state index contributed by atoms with van der Waals surface area (Å²) in [6, 6.07) is 8.78. The number of aromatic nitrogens is 5. The molecule has 0 atom stereocenters. The van der Waals surface area contributed by atoms with Crippen LogP contribution < -0.4 is 0 Å². The molecule has 2 aliphatic heterocycles. The van der Waals surface area contributed by atoms with E-state index in [4.69, 9.17) is 11.6 Å². The van der Waals surface area contributed by atoms with Gasteiger partial charge in [-0.15, -0.1) is 0 Å². The van der Waals surface area contributed by atoms with E-state index >= 15 is 0 Å². The fourth-order valence-corrected chi connectivity index (χ4v) is 5.62. The van der Waals surface area contributed by atoms with Crippen LogP contribution in [0.2, 0.25) is 5.02 Å². The van der Waals surface area contributed by atoms with Crippen LogP contribution in [-0.4, -0.2) is 72.7 Å². The Bertz CT molecular complexity index is 1510. The molecule has 188 valence electrons. The molecule has 0 unspecified atom stereocenters. The van der Waals surface area contributed by atoms with Gasteiger partial charge in [0.25, 0.3) is 5.91 Å². The lowest BCUT2D eigenvalue weighted by molar-refractivity contribution is -0.0412. The van der Waals surface area contributed by atoms with Crippen LogP contribution in [0.15, 0.2) is 49.2 Å². The minimum Gasteiger partial charge on any atom is -0.346 e. The first-order chi connectivity index (χ1) is 18.0. The highest BCUT2D eigenvalue weighted by molar-refractivity contribution is 6.30. The van der Waals surface area contributed by atoms with Gasteiger partial charge in [0.2, 0.25) is 0 Å². The van der Waals surface area contributed by atoms with E-state index in [0.29, 0.717) is 44.2 Å². The predicted molar refractivity (Wildman–Crippen MR) is 135 cm³/mol. The Morgan fingerprint density at radius 2 is 2.05 bits per heavy atom. The van der Waals surface area contributed by atoms with Crippen molar-refractivity contribution in [3.05, 3.63) is 65.6 Å². The summed E-state index contributed by atoms with van der Waals surface area (Å²) >= 11 is 5.75. The summed E-state index contributed by atoms with van der Waals surface area (Å²) in [6.45, 7) is 2.63. The molecule has 2 fully saturated rings. The van der Waals surface area contributed by atoms with Crippen molar-refractivity contribution in [2.45, 2.75) is 30.8 Å². The summed E-state index contributed by atoms with van der Waals surface area (Å²) in [5.41, 5.74) is 2.37. The molecule has 6 rings (SSSR count). The molecular formula is C26H24ClFN8O. The molecule has 5 heterocycles. The van der Waals surface area contributed by atoms with Crippen LogP contribution in [0.5, 0.6) is 0 Å². The number of likely N-dealkylation sites (tertiary alicyclic amines) is 2. The molecule has 0 saturated carbocycles. The van der Waals surface area contributed by atoms with Gasteiger partial charge in [-0.25, -0.2) is 14.4 Å². The molecule has 2 aliphatic rings.